The van der Waals surface area contributed by atoms with E-state index in [-0.39, 0.29) is 11.1 Å². The summed E-state index contributed by atoms with van der Waals surface area (Å²) in [4.78, 5) is 22.3. The van der Waals surface area contributed by atoms with Gasteiger partial charge in [-0.3, -0.25) is 4.79 Å². The van der Waals surface area contributed by atoms with Crippen LogP contribution in [0.25, 0.3) is 0 Å². The lowest BCUT2D eigenvalue weighted by Gasteiger charge is -2.06. The fraction of sp³-hybridized carbons (Fsp3) is 0.167. The number of para-hydroxylation sites is 1. The number of benzene rings is 1. The molecule has 2 N–H and O–H groups in total. The summed E-state index contributed by atoms with van der Waals surface area (Å²) in [6.45, 7) is 2.89. The smallest absolute Gasteiger partial charge is 0.331 e. The Balaban J connectivity index is 2.82. The molecule has 0 heterocycles. The molecule has 4 nitrogen and oxygen atoms in total. The number of carbonyl (C=O) groups is 2. The maximum Gasteiger partial charge on any atom is 0.331 e. The summed E-state index contributed by atoms with van der Waals surface area (Å²) in [5.41, 5.74) is 0.898. The van der Waals surface area contributed by atoms with E-state index in [1.165, 1.54) is 13.8 Å². The third-order valence-electron chi connectivity index (χ3n) is 2.26. The molecular formula is C12H13NO3. The lowest BCUT2D eigenvalue weighted by atomic mass is 10.1. The summed E-state index contributed by atoms with van der Waals surface area (Å²) in [5.74, 6) is -1.48. The number of amides is 1. The van der Waals surface area contributed by atoms with Crippen LogP contribution in [-0.2, 0) is 9.59 Å². The molecule has 16 heavy (non-hydrogen) atoms. The van der Waals surface area contributed by atoms with Crippen LogP contribution >= 0.6 is 0 Å². The molecule has 84 valence electrons. The van der Waals surface area contributed by atoms with Crippen molar-refractivity contribution in [1.29, 1.82) is 0 Å². The quantitative estimate of drug-likeness (QED) is 0.764. The molecule has 1 aromatic rings. The standard InChI is InChI=1S/C12H13NO3/c1-8(9(2)12(15)16)11(14)13-10-6-4-3-5-7-10/h3-7H,1-2H3,(H,13,14)(H,15,16). The number of carbonyl (C=O) groups excluding carboxylic acids is 1. The van der Waals surface area contributed by atoms with Crippen molar-refractivity contribution in [3.63, 3.8) is 0 Å². The third-order valence-corrected chi connectivity index (χ3v) is 2.26. The second-order valence-corrected chi connectivity index (χ2v) is 3.38. The fourth-order valence-corrected chi connectivity index (χ4v) is 1.08. The first-order valence-electron chi connectivity index (χ1n) is 4.79. The molecule has 0 saturated carbocycles. The molecule has 0 aliphatic heterocycles. The SMILES string of the molecule is CC(C(=O)O)=C(C)C(=O)Nc1ccccc1. The maximum atomic E-state index is 11.6. The van der Waals surface area contributed by atoms with E-state index in [4.69, 9.17) is 5.11 Å². The Kier molecular flexibility index (Phi) is 3.83. The van der Waals surface area contributed by atoms with Gasteiger partial charge in [-0.1, -0.05) is 18.2 Å². The van der Waals surface area contributed by atoms with Crippen molar-refractivity contribution in [2.75, 3.05) is 5.32 Å². The summed E-state index contributed by atoms with van der Waals surface area (Å²) in [7, 11) is 0. The zero-order valence-electron chi connectivity index (χ0n) is 9.15. The Morgan fingerprint density at radius 2 is 1.62 bits per heavy atom. The van der Waals surface area contributed by atoms with Gasteiger partial charge >= 0.3 is 5.97 Å². The average Bonchev–Trinajstić information content (AvgIpc) is 2.28. The molecule has 1 rings (SSSR count). The summed E-state index contributed by atoms with van der Waals surface area (Å²) < 4.78 is 0. The second kappa shape index (κ2) is 5.11. The zero-order chi connectivity index (χ0) is 12.1. The van der Waals surface area contributed by atoms with Gasteiger partial charge < -0.3 is 10.4 Å². The van der Waals surface area contributed by atoms with Crippen LogP contribution in [0.2, 0.25) is 0 Å². The van der Waals surface area contributed by atoms with E-state index in [0.29, 0.717) is 5.69 Å². The lowest BCUT2D eigenvalue weighted by Crippen LogP contribution is -2.16. The molecule has 0 fully saturated rings. The first-order chi connectivity index (χ1) is 7.52. The number of anilines is 1. The first kappa shape index (κ1) is 12.0. The number of aliphatic carboxylic acids is 1. The Morgan fingerprint density at radius 3 is 2.12 bits per heavy atom. The number of rotatable bonds is 3. The molecule has 0 aromatic heterocycles. The molecule has 0 radical (unpaired) electrons. The molecule has 0 aliphatic rings. The Labute approximate surface area is 93.6 Å². The van der Waals surface area contributed by atoms with Crippen molar-refractivity contribution >= 4 is 17.6 Å². The van der Waals surface area contributed by atoms with Gasteiger partial charge in [0.2, 0.25) is 0 Å². The highest BCUT2D eigenvalue weighted by atomic mass is 16.4. The van der Waals surface area contributed by atoms with Crippen LogP contribution in [0.15, 0.2) is 41.5 Å². The second-order valence-electron chi connectivity index (χ2n) is 3.38. The number of carboxylic acids is 1. The van der Waals surface area contributed by atoms with E-state index < -0.39 is 11.9 Å². The van der Waals surface area contributed by atoms with Gasteiger partial charge in [0, 0.05) is 16.8 Å². The van der Waals surface area contributed by atoms with E-state index in [0.717, 1.165) is 0 Å². The fourth-order valence-electron chi connectivity index (χ4n) is 1.08. The van der Waals surface area contributed by atoms with E-state index in [9.17, 15) is 9.59 Å². The van der Waals surface area contributed by atoms with Gasteiger partial charge in [-0.05, 0) is 26.0 Å². The minimum absolute atomic E-state index is 0.0495. The summed E-state index contributed by atoms with van der Waals surface area (Å²) >= 11 is 0. The highest BCUT2D eigenvalue weighted by Crippen LogP contribution is 2.10. The number of nitrogens with one attached hydrogen (secondary N) is 1. The van der Waals surface area contributed by atoms with Crippen LogP contribution in [0.3, 0.4) is 0 Å². The molecule has 0 unspecified atom stereocenters. The normalized spacial score (nSPS) is 11.6. The maximum absolute atomic E-state index is 11.6. The number of hydrogen-bond donors (Lipinski definition) is 2. The van der Waals surface area contributed by atoms with Crippen molar-refractivity contribution in [3.05, 3.63) is 41.5 Å². The van der Waals surface area contributed by atoms with Crippen LogP contribution in [0.5, 0.6) is 0 Å². The number of hydrogen-bond acceptors (Lipinski definition) is 2. The summed E-state index contributed by atoms with van der Waals surface area (Å²) in [6, 6.07) is 8.89. The van der Waals surface area contributed by atoms with Gasteiger partial charge in [0.1, 0.15) is 0 Å². The van der Waals surface area contributed by atoms with Crippen molar-refractivity contribution in [1.82, 2.24) is 0 Å². The van der Waals surface area contributed by atoms with Crippen molar-refractivity contribution in [3.8, 4) is 0 Å². The largest absolute Gasteiger partial charge is 0.478 e. The molecular weight excluding hydrogens is 206 g/mol. The van der Waals surface area contributed by atoms with Crippen LogP contribution in [0, 0.1) is 0 Å². The molecule has 0 spiro atoms. The van der Waals surface area contributed by atoms with Crippen LogP contribution < -0.4 is 5.32 Å². The van der Waals surface area contributed by atoms with E-state index >= 15 is 0 Å². The molecule has 1 aromatic carbocycles. The molecule has 0 saturated heterocycles. The van der Waals surface area contributed by atoms with E-state index in [1.807, 2.05) is 6.07 Å². The van der Waals surface area contributed by atoms with E-state index in [2.05, 4.69) is 5.32 Å². The van der Waals surface area contributed by atoms with Crippen LogP contribution in [0.4, 0.5) is 5.69 Å². The highest BCUT2D eigenvalue weighted by Gasteiger charge is 2.12. The topological polar surface area (TPSA) is 66.4 Å². The van der Waals surface area contributed by atoms with Gasteiger partial charge in [-0.25, -0.2) is 4.79 Å². The predicted molar refractivity (Wildman–Crippen MR) is 61.1 cm³/mol. The van der Waals surface area contributed by atoms with Gasteiger partial charge in [0.15, 0.2) is 0 Å². The van der Waals surface area contributed by atoms with E-state index in [1.54, 1.807) is 24.3 Å². The first-order valence-corrected chi connectivity index (χ1v) is 4.79. The Hall–Kier alpha value is -2.10. The monoisotopic (exact) mass is 219 g/mol. The minimum Gasteiger partial charge on any atom is -0.478 e. The summed E-state index contributed by atoms with van der Waals surface area (Å²) in [5, 5.41) is 11.3. The van der Waals surface area contributed by atoms with Crippen LogP contribution in [-0.4, -0.2) is 17.0 Å². The van der Waals surface area contributed by atoms with Gasteiger partial charge in [0.05, 0.1) is 0 Å². The average molecular weight is 219 g/mol. The highest BCUT2D eigenvalue weighted by molar-refractivity contribution is 6.08. The Morgan fingerprint density at radius 1 is 1.06 bits per heavy atom. The van der Waals surface area contributed by atoms with Crippen molar-refractivity contribution in [2.24, 2.45) is 0 Å². The predicted octanol–water partition coefficient (Wildman–Crippen LogP) is 2.05. The Bertz CT molecular complexity index is 435. The minimum atomic E-state index is -1.08. The molecule has 1 amide bonds. The third kappa shape index (κ3) is 2.95. The zero-order valence-corrected chi connectivity index (χ0v) is 9.15. The number of carboxylic acid groups (broad SMARTS) is 1. The van der Waals surface area contributed by atoms with Crippen molar-refractivity contribution < 1.29 is 14.7 Å². The van der Waals surface area contributed by atoms with Gasteiger partial charge in [-0.2, -0.15) is 0 Å². The summed E-state index contributed by atoms with van der Waals surface area (Å²) in [6.07, 6.45) is 0. The van der Waals surface area contributed by atoms with Crippen LogP contribution in [0.1, 0.15) is 13.8 Å². The van der Waals surface area contributed by atoms with Gasteiger partial charge in [-0.15, -0.1) is 0 Å². The van der Waals surface area contributed by atoms with Crippen molar-refractivity contribution in [2.45, 2.75) is 13.8 Å². The molecule has 4 heteroatoms. The lowest BCUT2D eigenvalue weighted by molar-refractivity contribution is -0.133. The molecule has 0 bridgehead atoms. The molecule has 0 aliphatic carbocycles. The molecule has 0 atom stereocenters. The van der Waals surface area contributed by atoms with Gasteiger partial charge in [0.25, 0.3) is 5.91 Å².